The van der Waals surface area contributed by atoms with E-state index in [9.17, 15) is 0 Å². The highest BCUT2D eigenvalue weighted by Gasteiger charge is 2.16. The van der Waals surface area contributed by atoms with E-state index in [1.165, 1.54) is 35.5 Å². The predicted molar refractivity (Wildman–Crippen MR) is 82.3 cm³/mol. The van der Waals surface area contributed by atoms with Crippen molar-refractivity contribution in [1.29, 1.82) is 0 Å². The van der Waals surface area contributed by atoms with Gasteiger partial charge in [0.15, 0.2) is 0 Å². The zero-order valence-electron chi connectivity index (χ0n) is 12.4. The summed E-state index contributed by atoms with van der Waals surface area (Å²) in [5.41, 5.74) is 5.29. The molecule has 1 aromatic heterocycles. The van der Waals surface area contributed by atoms with Gasteiger partial charge < -0.3 is 9.88 Å². The molecule has 1 aliphatic carbocycles. The first kappa shape index (κ1) is 13.4. The van der Waals surface area contributed by atoms with Crippen LogP contribution in [0, 0.1) is 0 Å². The van der Waals surface area contributed by atoms with E-state index in [2.05, 4.69) is 46.1 Å². The van der Waals surface area contributed by atoms with Gasteiger partial charge in [-0.05, 0) is 56.8 Å². The standard InChI is InChI=1S/C17H23N3/c1-3-15(18-2)13-8-10-14(11-9-13)20-12-19-16-6-4-5-7-17(16)20/h8-12,15,18H,3-7H2,1-2H3. The maximum absolute atomic E-state index is 4.57. The molecule has 0 aliphatic heterocycles. The average molecular weight is 269 g/mol. The second-order valence-corrected chi connectivity index (χ2v) is 5.56. The van der Waals surface area contributed by atoms with Gasteiger partial charge in [0, 0.05) is 17.4 Å². The highest BCUT2D eigenvalue weighted by atomic mass is 15.1. The first-order chi connectivity index (χ1) is 9.83. The van der Waals surface area contributed by atoms with E-state index in [0.29, 0.717) is 6.04 Å². The van der Waals surface area contributed by atoms with Crippen LogP contribution < -0.4 is 5.32 Å². The SMILES string of the molecule is CCC(NC)c1ccc(-n2cnc3c2CCCC3)cc1. The van der Waals surface area contributed by atoms with Crippen LogP contribution in [0.15, 0.2) is 30.6 Å². The predicted octanol–water partition coefficient (Wildman–Crippen LogP) is 3.42. The number of benzene rings is 1. The number of hydrogen-bond donors (Lipinski definition) is 1. The average Bonchev–Trinajstić information content (AvgIpc) is 2.93. The molecule has 1 aliphatic rings. The van der Waals surface area contributed by atoms with Crippen LogP contribution in [-0.4, -0.2) is 16.6 Å². The van der Waals surface area contributed by atoms with E-state index >= 15 is 0 Å². The molecule has 1 unspecified atom stereocenters. The van der Waals surface area contributed by atoms with E-state index in [0.717, 1.165) is 19.3 Å². The maximum atomic E-state index is 4.57. The van der Waals surface area contributed by atoms with Crippen molar-refractivity contribution in [2.24, 2.45) is 0 Å². The van der Waals surface area contributed by atoms with E-state index in [1.807, 2.05) is 13.4 Å². The normalized spacial score (nSPS) is 15.9. The summed E-state index contributed by atoms with van der Waals surface area (Å²) < 4.78 is 2.26. The van der Waals surface area contributed by atoms with E-state index in [-0.39, 0.29) is 0 Å². The van der Waals surface area contributed by atoms with Gasteiger partial charge in [-0.15, -0.1) is 0 Å². The molecular formula is C17H23N3. The molecule has 1 N–H and O–H groups in total. The lowest BCUT2D eigenvalue weighted by molar-refractivity contribution is 0.577. The first-order valence-electron chi connectivity index (χ1n) is 7.66. The number of aryl methyl sites for hydroxylation is 1. The minimum absolute atomic E-state index is 0.445. The Balaban J connectivity index is 1.89. The van der Waals surface area contributed by atoms with Crippen LogP contribution in [0.4, 0.5) is 0 Å². The smallest absolute Gasteiger partial charge is 0.0997 e. The molecule has 0 spiro atoms. The molecular weight excluding hydrogens is 246 g/mol. The Kier molecular flexibility index (Phi) is 3.88. The number of nitrogens with one attached hydrogen (secondary N) is 1. The molecule has 1 heterocycles. The van der Waals surface area contributed by atoms with Crippen molar-refractivity contribution in [3.05, 3.63) is 47.5 Å². The van der Waals surface area contributed by atoms with Crippen molar-refractivity contribution in [3.63, 3.8) is 0 Å². The monoisotopic (exact) mass is 269 g/mol. The van der Waals surface area contributed by atoms with Gasteiger partial charge >= 0.3 is 0 Å². The third kappa shape index (κ3) is 2.38. The zero-order valence-corrected chi connectivity index (χ0v) is 12.4. The number of rotatable bonds is 4. The number of aromatic nitrogens is 2. The summed E-state index contributed by atoms with van der Waals surface area (Å²) in [7, 11) is 2.02. The fourth-order valence-electron chi connectivity index (χ4n) is 3.17. The molecule has 0 radical (unpaired) electrons. The molecule has 1 aromatic carbocycles. The molecule has 106 valence electrons. The lowest BCUT2D eigenvalue weighted by atomic mass is 10.0. The largest absolute Gasteiger partial charge is 0.313 e. The van der Waals surface area contributed by atoms with Crippen molar-refractivity contribution in [3.8, 4) is 5.69 Å². The summed E-state index contributed by atoms with van der Waals surface area (Å²) >= 11 is 0. The number of fused-ring (bicyclic) bond motifs is 1. The Bertz CT molecular complexity index is 564. The van der Waals surface area contributed by atoms with Crippen LogP contribution in [0.1, 0.15) is 49.2 Å². The van der Waals surface area contributed by atoms with E-state index in [1.54, 1.807) is 0 Å². The Morgan fingerprint density at radius 2 is 1.95 bits per heavy atom. The van der Waals surface area contributed by atoms with Crippen LogP contribution in [-0.2, 0) is 12.8 Å². The van der Waals surface area contributed by atoms with Crippen molar-refractivity contribution in [2.45, 2.75) is 45.1 Å². The van der Waals surface area contributed by atoms with Gasteiger partial charge in [0.05, 0.1) is 12.0 Å². The van der Waals surface area contributed by atoms with Crippen LogP contribution in [0.25, 0.3) is 5.69 Å². The lowest BCUT2D eigenvalue weighted by Crippen LogP contribution is -2.15. The molecule has 0 bridgehead atoms. The highest BCUT2D eigenvalue weighted by molar-refractivity contribution is 5.39. The molecule has 0 amide bonds. The van der Waals surface area contributed by atoms with Gasteiger partial charge in [-0.25, -0.2) is 4.98 Å². The maximum Gasteiger partial charge on any atom is 0.0997 e. The lowest BCUT2D eigenvalue weighted by Gasteiger charge is -2.16. The molecule has 1 atom stereocenters. The van der Waals surface area contributed by atoms with Crippen molar-refractivity contribution >= 4 is 0 Å². The van der Waals surface area contributed by atoms with Gasteiger partial charge in [-0.2, -0.15) is 0 Å². The molecule has 3 nitrogen and oxygen atoms in total. The van der Waals surface area contributed by atoms with Crippen molar-refractivity contribution < 1.29 is 0 Å². The molecule has 3 heteroatoms. The first-order valence-corrected chi connectivity index (χ1v) is 7.66. The summed E-state index contributed by atoms with van der Waals surface area (Å²) in [5.74, 6) is 0. The quantitative estimate of drug-likeness (QED) is 0.921. The summed E-state index contributed by atoms with van der Waals surface area (Å²) in [6.45, 7) is 2.21. The second kappa shape index (κ2) is 5.80. The number of hydrogen-bond acceptors (Lipinski definition) is 2. The Morgan fingerprint density at radius 1 is 1.20 bits per heavy atom. The van der Waals surface area contributed by atoms with Gasteiger partial charge in [0.2, 0.25) is 0 Å². The van der Waals surface area contributed by atoms with Gasteiger partial charge in [0.25, 0.3) is 0 Å². The van der Waals surface area contributed by atoms with E-state index in [4.69, 9.17) is 0 Å². The molecule has 2 aromatic rings. The van der Waals surface area contributed by atoms with Crippen molar-refractivity contribution in [2.75, 3.05) is 7.05 Å². The van der Waals surface area contributed by atoms with Crippen molar-refractivity contribution in [1.82, 2.24) is 14.9 Å². The summed E-state index contributed by atoms with van der Waals surface area (Å²) in [6, 6.07) is 9.34. The number of nitrogens with zero attached hydrogens (tertiary/aromatic N) is 2. The highest BCUT2D eigenvalue weighted by Crippen LogP contribution is 2.24. The minimum Gasteiger partial charge on any atom is -0.313 e. The second-order valence-electron chi connectivity index (χ2n) is 5.56. The summed E-state index contributed by atoms with van der Waals surface area (Å²) in [6.07, 6.45) is 7.96. The van der Waals surface area contributed by atoms with Crippen LogP contribution in [0.2, 0.25) is 0 Å². The number of imidazole rings is 1. The molecule has 0 fully saturated rings. The third-order valence-electron chi connectivity index (χ3n) is 4.36. The minimum atomic E-state index is 0.445. The third-order valence-corrected chi connectivity index (χ3v) is 4.36. The Hall–Kier alpha value is -1.61. The van der Waals surface area contributed by atoms with Crippen LogP contribution in [0.3, 0.4) is 0 Å². The van der Waals surface area contributed by atoms with E-state index < -0.39 is 0 Å². The molecule has 0 saturated heterocycles. The topological polar surface area (TPSA) is 29.9 Å². The Morgan fingerprint density at radius 3 is 2.65 bits per heavy atom. The zero-order chi connectivity index (χ0) is 13.9. The van der Waals surface area contributed by atoms with Gasteiger partial charge in [0.1, 0.15) is 0 Å². The Labute approximate surface area is 121 Å². The van der Waals surface area contributed by atoms with Gasteiger partial charge in [-0.3, -0.25) is 0 Å². The summed E-state index contributed by atoms with van der Waals surface area (Å²) in [5, 5.41) is 3.35. The van der Waals surface area contributed by atoms with Crippen LogP contribution in [0.5, 0.6) is 0 Å². The molecule has 3 rings (SSSR count). The fraction of sp³-hybridized carbons (Fsp3) is 0.471. The molecule has 20 heavy (non-hydrogen) atoms. The molecule has 0 saturated carbocycles. The fourth-order valence-corrected chi connectivity index (χ4v) is 3.17. The van der Waals surface area contributed by atoms with Gasteiger partial charge in [-0.1, -0.05) is 19.1 Å². The summed E-state index contributed by atoms with van der Waals surface area (Å²) in [4.78, 5) is 4.57. The van der Waals surface area contributed by atoms with Crippen LogP contribution >= 0.6 is 0 Å².